The number of tetrazole rings is 1. The van der Waals surface area contributed by atoms with Crippen molar-refractivity contribution < 1.29 is 19.6 Å². The summed E-state index contributed by atoms with van der Waals surface area (Å²) in [7, 11) is -1.66. The van der Waals surface area contributed by atoms with Crippen LogP contribution in [0.3, 0.4) is 0 Å². The van der Waals surface area contributed by atoms with Crippen LogP contribution in [0.2, 0.25) is 0 Å². The molecule has 0 saturated carbocycles. The van der Waals surface area contributed by atoms with Crippen molar-refractivity contribution in [1.82, 2.24) is 19.8 Å². The molecule has 122 valence electrons. The highest BCUT2D eigenvalue weighted by Crippen LogP contribution is 2.07. The summed E-state index contributed by atoms with van der Waals surface area (Å²) in [5.74, 6) is -0.605. The number of hydrogen-bond acceptors (Lipinski definition) is 7. The number of carbonyl (C=O) groups excluding carboxylic acids is 1. The number of hydrogen-bond donors (Lipinski definition) is 2. The Morgan fingerprint density at radius 2 is 2.00 bits per heavy atom. The largest absolute Gasteiger partial charge is 0.488 e. The molecule has 0 amide bonds. The number of carbonyl (C=O) groups is 1. The maximum Gasteiger partial charge on any atom is 0.488 e. The highest BCUT2D eigenvalue weighted by atomic mass is 16.6. The smallest absolute Gasteiger partial charge is 0.459 e. The normalized spacial score (nSPS) is 11.3. The number of rotatable bonds is 4. The van der Waals surface area contributed by atoms with E-state index >= 15 is 0 Å². The summed E-state index contributed by atoms with van der Waals surface area (Å²) in [6.45, 7) is 4.79. The van der Waals surface area contributed by atoms with Crippen LogP contribution in [-0.2, 0) is 16.1 Å². The molecular formula is C13H17BN4O5. The first kappa shape index (κ1) is 16.9. The van der Waals surface area contributed by atoms with Crippen molar-refractivity contribution in [3.63, 3.8) is 0 Å². The van der Waals surface area contributed by atoms with Crippen molar-refractivity contribution >= 4 is 18.6 Å². The second kappa shape index (κ2) is 6.35. The molecule has 0 saturated heterocycles. The van der Waals surface area contributed by atoms with E-state index in [0.29, 0.717) is 5.69 Å². The average Bonchev–Trinajstić information content (AvgIpc) is 2.78. The van der Waals surface area contributed by atoms with Gasteiger partial charge in [0.2, 0.25) is 0 Å². The Kier molecular flexibility index (Phi) is 4.67. The molecule has 2 aromatic rings. The van der Waals surface area contributed by atoms with Gasteiger partial charge in [0, 0.05) is 0 Å². The third-order valence-corrected chi connectivity index (χ3v) is 2.75. The van der Waals surface area contributed by atoms with Crippen LogP contribution in [0.25, 0.3) is 5.69 Å². The van der Waals surface area contributed by atoms with Crippen molar-refractivity contribution in [2.75, 3.05) is 0 Å². The predicted octanol–water partition coefficient (Wildman–Crippen LogP) is -1.55. The Labute approximate surface area is 132 Å². The highest BCUT2D eigenvalue weighted by molar-refractivity contribution is 6.58. The molecule has 2 N–H and O–H groups in total. The van der Waals surface area contributed by atoms with Crippen LogP contribution in [0.15, 0.2) is 29.1 Å². The molecule has 10 heteroatoms. The molecule has 23 heavy (non-hydrogen) atoms. The van der Waals surface area contributed by atoms with Gasteiger partial charge in [0.1, 0.15) is 12.1 Å². The lowest BCUT2D eigenvalue weighted by molar-refractivity contribution is -0.155. The number of aromatic nitrogens is 4. The minimum Gasteiger partial charge on any atom is -0.459 e. The average molecular weight is 320 g/mol. The van der Waals surface area contributed by atoms with Gasteiger partial charge >= 0.3 is 18.8 Å². The first-order chi connectivity index (χ1) is 10.7. The van der Waals surface area contributed by atoms with Crippen LogP contribution in [0.5, 0.6) is 0 Å². The zero-order valence-electron chi connectivity index (χ0n) is 13.0. The van der Waals surface area contributed by atoms with Gasteiger partial charge in [-0.05, 0) is 48.8 Å². The Bertz CT molecular complexity index is 762. The molecule has 0 aliphatic heterocycles. The third kappa shape index (κ3) is 4.27. The van der Waals surface area contributed by atoms with Gasteiger partial charge in [-0.3, -0.25) is 4.79 Å². The number of nitrogens with zero attached hydrogens (tertiary/aromatic N) is 4. The molecular weight excluding hydrogens is 303 g/mol. The summed E-state index contributed by atoms with van der Waals surface area (Å²) in [4.78, 5) is 24.0. The summed E-state index contributed by atoms with van der Waals surface area (Å²) in [5, 5.41) is 25.6. The van der Waals surface area contributed by atoms with Gasteiger partial charge in [-0.1, -0.05) is 12.1 Å². The molecule has 0 fully saturated rings. The van der Waals surface area contributed by atoms with E-state index in [1.165, 1.54) is 12.1 Å². The molecule has 9 nitrogen and oxygen atoms in total. The van der Waals surface area contributed by atoms with E-state index in [2.05, 4.69) is 10.4 Å². The van der Waals surface area contributed by atoms with Crippen molar-refractivity contribution in [3.05, 3.63) is 34.7 Å². The molecule has 1 aromatic carbocycles. The van der Waals surface area contributed by atoms with E-state index < -0.39 is 24.4 Å². The molecule has 0 radical (unpaired) electrons. The van der Waals surface area contributed by atoms with E-state index in [0.717, 1.165) is 9.36 Å². The maximum atomic E-state index is 12.2. The monoisotopic (exact) mass is 320 g/mol. The quantitative estimate of drug-likeness (QED) is 0.517. The second-order valence-corrected chi connectivity index (χ2v) is 5.89. The van der Waals surface area contributed by atoms with Crippen molar-refractivity contribution in [3.8, 4) is 5.69 Å². The van der Waals surface area contributed by atoms with Crippen molar-refractivity contribution in [2.24, 2.45) is 0 Å². The molecule has 0 spiro atoms. The van der Waals surface area contributed by atoms with Gasteiger partial charge < -0.3 is 14.8 Å². The van der Waals surface area contributed by atoms with Gasteiger partial charge in [0.15, 0.2) is 0 Å². The van der Waals surface area contributed by atoms with Crippen LogP contribution >= 0.6 is 0 Å². The maximum absolute atomic E-state index is 12.2. The topological polar surface area (TPSA) is 119 Å². The Morgan fingerprint density at radius 3 is 2.61 bits per heavy atom. The lowest BCUT2D eigenvalue weighted by Crippen LogP contribution is -2.33. The fraction of sp³-hybridized carbons (Fsp3) is 0.385. The minimum absolute atomic E-state index is 0.205. The van der Waals surface area contributed by atoms with Crippen molar-refractivity contribution in [2.45, 2.75) is 32.9 Å². The Hall–Kier alpha value is -2.46. The molecule has 0 aliphatic rings. The number of esters is 1. The van der Waals surface area contributed by atoms with E-state index in [-0.39, 0.29) is 12.0 Å². The summed E-state index contributed by atoms with van der Waals surface area (Å²) >= 11 is 0. The van der Waals surface area contributed by atoms with Crippen molar-refractivity contribution in [1.29, 1.82) is 0 Å². The Balaban J connectivity index is 2.25. The molecule has 1 heterocycles. The zero-order chi connectivity index (χ0) is 17.2. The van der Waals surface area contributed by atoms with Gasteiger partial charge in [-0.2, -0.15) is 9.36 Å². The van der Waals surface area contributed by atoms with Crippen LogP contribution in [0.1, 0.15) is 20.8 Å². The van der Waals surface area contributed by atoms with Gasteiger partial charge in [-0.25, -0.2) is 4.79 Å². The van der Waals surface area contributed by atoms with Crippen LogP contribution in [-0.4, -0.2) is 48.5 Å². The number of benzene rings is 1. The fourth-order valence-electron chi connectivity index (χ4n) is 1.85. The van der Waals surface area contributed by atoms with E-state index in [4.69, 9.17) is 14.8 Å². The summed E-state index contributed by atoms with van der Waals surface area (Å²) < 4.78 is 6.95. The first-order valence-corrected chi connectivity index (χ1v) is 6.88. The highest BCUT2D eigenvalue weighted by Gasteiger charge is 2.19. The minimum atomic E-state index is -1.66. The fourth-order valence-corrected chi connectivity index (χ4v) is 1.85. The summed E-state index contributed by atoms with van der Waals surface area (Å²) in [6, 6.07) is 5.98. The van der Waals surface area contributed by atoms with E-state index in [9.17, 15) is 9.59 Å². The summed E-state index contributed by atoms with van der Waals surface area (Å²) in [5.41, 5.74) is -0.796. The van der Waals surface area contributed by atoms with Crippen LogP contribution in [0.4, 0.5) is 0 Å². The standard InChI is InChI=1S/C13H17BN4O5/c1-13(2,3)23-11(19)8-17-12(20)18(16-15-17)10-6-4-5-9(7-10)14(21)22/h4-7,21-22H,8H2,1-3H3. The number of ether oxygens (including phenoxy) is 1. The van der Waals surface area contributed by atoms with Crippen LogP contribution in [0, 0.1) is 0 Å². The SMILES string of the molecule is CC(C)(C)OC(=O)Cn1nnn(-c2cccc(B(O)O)c2)c1=O. The van der Waals surface area contributed by atoms with Crippen LogP contribution < -0.4 is 11.2 Å². The summed E-state index contributed by atoms with van der Waals surface area (Å²) in [6.07, 6.45) is 0. The Morgan fingerprint density at radius 1 is 1.30 bits per heavy atom. The molecule has 0 bridgehead atoms. The lowest BCUT2D eigenvalue weighted by atomic mass is 9.80. The molecule has 2 rings (SSSR count). The molecule has 1 aromatic heterocycles. The first-order valence-electron chi connectivity index (χ1n) is 6.88. The second-order valence-electron chi connectivity index (χ2n) is 5.89. The molecule has 0 aliphatic carbocycles. The van der Waals surface area contributed by atoms with Gasteiger partial charge in [0.05, 0.1) is 5.69 Å². The molecule has 0 unspecified atom stereocenters. The van der Waals surface area contributed by atoms with Gasteiger partial charge in [0.25, 0.3) is 0 Å². The predicted molar refractivity (Wildman–Crippen MR) is 81.3 cm³/mol. The third-order valence-electron chi connectivity index (χ3n) is 2.75. The van der Waals surface area contributed by atoms with E-state index in [1.54, 1.807) is 32.9 Å². The molecule has 0 atom stereocenters. The van der Waals surface area contributed by atoms with Gasteiger partial charge in [-0.15, -0.1) is 0 Å². The van der Waals surface area contributed by atoms with E-state index in [1.807, 2.05) is 0 Å². The zero-order valence-corrected chi connectivity index (χ0v) is 13.0. The lowest BCUT2D eigenvalue weighted by Gasteiger charge is -2.18.